The number of amides is 2. The molecule has 200 valence electrons. The number of non-ortho nitro benzene ring substituents is 1. The fraction of sp³-hybridized carbons (Fsp3) is 0.440. The number of halogens is 1. The van der Waals surface area contributed by atoms with E-state index in [-0.39, 0.29) is 29.9 Å². The highest BCUT2D eigenvalue weighted by atomic mass is 32.2. The van der Waals surface area contributed by atoms with E-state index in [9.17, 15) is 32.5 Å². The lowest BCUT2D eigenvalue weighted by molar-refractivity contribution is -0.384. The fourth-order valence-electron chi connectivity index (χ4n) is 4.34. The van der Waals surface area contributed by atoms with E-state index in [1.807, 2.05) is 0 Å². The third-order valence-corrected chi connectivity index (χ3v) is 7.61. The summed E-state index contributed by atoms with van der Waals surface area (Å²) < 4.78 is 39.7. The van der Waals surface area contributed by atoms with Gasteiger partial charge in [0, 0.05) is 24.7 Å². The van der Waals surface area contributed by atoms with E-state index in [0.717, 1.165) is 42.3 Å². The predicted octanol–water partition coefficient (Wildman–Crippen LogP) is 3.28. The average Bonchev–Trinajstić information content (AvgIpc) is 3.34. The molecule has 1 N–H and O–H groups in total. The number of hydrogen-bond acceptors (Lipinski definition) is 6. The Morgan fingerprint density at radius 3 is 2.35 bits per heavy atom. The molecule has 1 aliphatic rings. The number of nitrogens with one attached hydrogen (secondary N) is 1. The van der Waals surface area contributed by atoms with Gasteiger partial charge >= 0.3 is 0 Å². The molecule has 0 aromatic heterocycles. The molecule has 0 heterocycles. The van der Waals surface area contributed by atoms with Crippen molar-refractivity contribution in [1.82, 2.24) is 10.2 Å². The number of anilines is 1. The smallest absolute Gasteiger partial charge is 0.271 e. The van der Waals surface area contributed by atoms with Gasteiger partial charge in [0.05, 0.1) is 16.9 Å². The van der Waals surface area contributed by atoms with E-state index in [1.165, 1.54) is 41.3 Å². The topological polar surface area (TPSA) is 130 Å². The Kier molecular flexibility index (Phi) is 8.85. The first-order chi connectivity index (χ1) is 17.4. The molecule has 0 spiro atoms. The highest BCUT2D eigenvalue weighted by Gasteiger charge is 2.32. The van der Waals surface area contributed by atoms with Crippen LogP contribution < -0.4 is 9.62 Å². The third kappa shape index (κ3) is 7.25. The van der Waals surface area contributed by atoms with Gasteiger partial charge in [0.1, 0.15) is 18.4 Å². The SMILES string of the molecule is Cc1ccc([N+](=O)[O-])cc1N(CC(=O)N(Cc1ccc(F)cc1)C(C)C(=O)NC1CCCC1)S(C)(=O)=O. The van der Waals surface area contributed by atoms with Crippen molar-refractivity contribution in [2.75, 3.05) is 17.1 Å². The maximum atomic E-state index is 13.6. The zero-order valence-electron chi connectivity index (χ0n) is 21.0. The first kappa shape index (κ1) is 28.0. The van der Waals surface area contributed by atoms with Crippen molar-refractivity contribution in [3.8, 4) is 0 Å². The van der Waals surface area contributed by atoms with Crippen molar-refractivity contribution in [2.45, 2.75) is 58.2 Å². The van der Waals surface area contributed by atoms with Crippen molar-refractivity contribution in [3.05, 3.63) is 69.5 Å². The number of benzene rings is 2. The van der Waals surface area contributed by atoms with E-state index in [0.29, 0.717) is 11.1 Å². The normalized spacial score (nSPS) is 14.7. The summed E-state index contributed by atoms with van der Waals surface area (Å²) in [5.74, 6) is -1.52. The van der Waals surface area contributed by atoms with E-state index < -0.39 is 39.3 Å². The summed E-state index contributed by atoms with van der Waals surface area (Å²) in [5.41, 5.74) is 0.637. The molecule has 0 saturated heterocycles. The first-order valence-electron chi connectivity index (χ1n) is 11.9. The number of aryl methyl sites for hydroxylation is 1. The number of carbonyl (C=O) groups is 2. The lowest BCUT2D eigenvalue weighted by Crippen LogP contribution is -2.52. The molecular formula is C25H31FN4O6S. The van der Waals surface area contributed by atoms with E-state index in [4.69, 9.17) is 0 Å². The monoisotopic (exact) mass is 534 g/mol. The number of nitro benzene ring substituents is 1. The summed E-state index contributed by atoms with van der Waals surface area (Å²) in [6.45, 7) is 2.39. The minimum atomic E-state index is -4.04. The first-order valence-corrected chi connectivity index (χ1v) is 13.8. The lowest BCUT2D eigenvalue weighted by Gasteiger charge is -2.32. The van der Waals surface area contributed by atoms with Crippen LogP contribution in [0.15, 0.2) is 42.5 Å². The molecule has 0 bridgehead atoms. The Morgan fingerprint density at radius 2 is 1.78 bits per heavy atom. The number of sulfonamides is 1. The molecule has 1 atom stereocenters. The van der Waals surface area contributed by atoms with Crippen LogP contribution in [0.3, 0.4) is 0 Å². The molecule has 2 aromatic carbocycles. The van der Waals surface area contributed by atoms with Crippen LogP contribution in [0.2, 0.25) is 0 Å². The maximum Gasteiger partial charge on any atom is 0.271 e. The van der Waals surface area contributed by atoms with Gasteiger partial charge in [0.25, 0.3) is 5.69 Å². The Labute approximate surface area is 215 Å². The van der Waals surface area contributed by atoms with Crippen molar-refractivity contribution in [3.63, 3.8) is 0 Å². The molecule has 2 aromatic rings. The second-order valence-corrected chi connectivity index (χ2v) is 11.2. The van der Waals surface area contributed by atoms with Crippen LogP contribution in [0.5, 0.6) is 0 Å². The Bertz CT molecular complexity index is 1260. The summed E-state index contributed by atoms with van der Waals surface area (Å²) in [6, 6.07) is 8.24. The molecule has 0 radical (unpaired) electrons. The molecule has 37 heavy (non-hydrogen) atoms. The maximum absolute atomic E-state index is 13.6. The van der Waals surface area contributed by atoms with Crippen LogP contribution >= 0.6 is 0 Å². The van der Waals surface area contributed by atoms with Gasteiger partial charge in [-0.05, 0) is 49.9 Å². The number of carbonyl (C=O) groups excluding carboxylic acids is 2. The largest absolute Gasteiger partial charge is 0.352 e. The van der Waals surface area contributed by atoms with E-state index in [1.54, 1.807) is 13.8 Å². The van der Waals surface area contributed by atoms with Crippen LogP contribution in [-0.4, -0.2) is 54.9 Å². The lowest BCUT2D eigenvalue weighted by atomic mass is 10.1. The number of hydrogen-bond donors (Lipinski definition) is 1. The summed E-state index contributed by atoms with van der Waals surface area (Å²) in [5, 5.41) is 14.2. The average molecular weight is 535 g/mol. The molecule has 1 fully saturated rings. The highest BCUT2D eigenvalue weighted by molar-refractivity contribution is 7.92. The van der Waals surface area contributed by atoms with Crippen molar-refractivity contribution in [2.24, 2.45) is 0 Å². The molecule has 3 rings (SSSR count). The summed E-state index contributed by atoms with van der Waals surface area (Å²) in [6.07, 6.45) is 4.60. The van der Waals surface area contributed by atoms with Crippen LogP contribution in [-0.2, 0) is 26.2 Å². The zero-order chi connectivity index (χ0) is 27.3. The summed E-state index contributed by atoms with van der Waals surface area (Å²) in [7, 11) is -4.04. The van der Waals surface area contributed by atoms with Gasteiger partial charge in [0.2, 0.25) is 21.8 Å². The van der Waals surface area contributed by atoms with Crippen LogP contribution in [0, 0.1) is 22.9 Å². The molecule has 10 nitrogen and oxygen atoms in total. The molecule has 1 saturated carbocycles. The number of nitro groups is 1. The Balaban J connectivity index is 1.93. The van der Waals surface area contributed by atoms with Crippen molar-refractivity contribution >= 4 is 33.2 Å². The Hall–Kier alpha value is -3.54. The number of rotatable bonds is 10. The number of nitrogens with zero attached hydrogens (tertiary/aromatic N) is 3. The van der Waals surface area contributed by atoms with E-state index in [2.05, 4.69) is 5.32 Å². The van der Waals surface area contributed by atoms with Gasteiger partial charge in [0.15, 0.2) is 0 Å². The van der Waals surface area contributed by atoms with Crippen LogP contribution in [0.25, 0.3) is 0 Å². The van der Waals surface area contributed by atoms with Gasteiger partial charge in [-0.15, -0.1) is 0 Å². The second-order valence-electron chi connectivity index (χ2n) is 9.31. The molecule has 0 aliphatic heterocycles. The summed E-state index contributed by atoms with van der Waals surface area (Å²) in [4.78, 5) is 38.5. The van der Waals surface area contributed by atoms with Gasteiger partial charge in [-0.2, -0.15) is 0 Å². The highest BCUT2D eigenvalue weighted by Crippen LogP contribution is 2.28. The molecule has 2 amide bonds. The minimum Gasteiger partial charge on any atom is -0.352 e. The van der Waals surface area contributed by atoms with Gasteiger partial charge in [-0.1, -0.05) is 31.0 Å². The molecule has 1 aliphatic carbocycles. The molecule has 1 unspecified atom stereocenters. The van der Waals surface area contributed by atoms with Gasteiger partial charge < -0.3 is 10.2 Å². The van der Waals surface area contributed by atoms with Gasteiger partial charge in [-0.3, -0.25) is 24.0 Å². The Morgan fingerprint density at radius 1 is 1.16 bits per heavy atom. The standard InChI is InChI=1S/C25H31FN4O6S/c1-17-8-13-22(30(33)34)14-23(17)29(37(3,35)36)16-24(31)28(15-19-9-11-20(26)12-10-19)18(2)25(32)27-21-6-4-5-7-21/h8-14,18,21H,4-7,15-16H2,1-3H3,(H,27,32). The van der Waals surface area contributed by atoms with Gasteiger partial charge in [-0.25, -0.2) is 12.8 Å². The fourth-order valence-corrected chi connectivity index (χ4v) is 5.23. The van der Waals surface area contributed by atoms with Crippen molar-refractivity contribution in [1.29, 1.82) is 0 Å². The minimum absolute atomic E-state index is 0.00478. The third-order valence-electron chi connectivity index (χ3n) is 6.49. The van der Waals surface area contributed by atoms with Crippen molar-refractivity contribution < 1.29 is 27.3 Å². The van der Waals surface area contributed by atoms with E-state index >= 15 is 0 Å². The molecule has 12 heteroatoms. The zero-order valence-corrected chi connectivity index (χ0v) is 21.8. The summed E-state index contributed by atoms with van der Waals surface area (Å²) >= 11 is 0. The van der Waals surface area contributed by atoms with Crippen LogP contribution in [0.4, 0.5) is 15.8 Å². The quantitative estimate of drug-likeness (QED) is 0.368. The predicted molar refractivity (Wildman–Crippen MR) is 137 cm³/mol. The second kappa shape index (κ2) is 11.7. The molecular weight excluding hydrogens is 503 g/mol. The van der Waals surface area contributed by atoms with Crippen LogP contribution in [0.1, 0.15) is 43.7 Å².